The van der Waals surface area contributed by atoms with Gasteiger partial charge in [0.2, 0.25) is 0 Å². The highest BCUT2D eigenvalue weighted by molar-refractivity contribution is 7.41. The summed E-state index contributed by atoms with van der Waals surface area (Å²) >= 11 is 0. The molecule has 0 aromatic rings. The molecule has 0 aliphatic carbocycles. The Morgan fingerprint density at radius 2 is 2.50 bits per heavy atom. The molecule has 0 fully saturated rings. The summed E-state index contributed by atoms with van der Waals surface area (Å²) in [5.41, 5.74) is 0. The number of aliphatic carboxylic acids is 1. The van der Waals surface area contributed by atoms with Crippen molar-refractivity contribution in [3.63, 3.8) is 0 Å². The van der Waals surface area contributed by atoms with Gasteiger partial charge in [-0.05, 0) is 30.4 Å². The smallest absolute Gasteiger partial charge is 0.328 e. The molecule has 2 nitrogen and oxygen atoms in total. The SMILES string of the molecule is O=C(O)C=CC1=PCCC1. The third-order valence-corrected chi connectivity index (χ3v) is 2.64. The van der Waals surface area contributed by atoms with E-state index in [4.69, 9.17) is 5.11 Å². The van der Waals surface area contributed by atoms with Crippen LogP contribution in [0.3, 0.4) is 0 Å². The summed E-state index contributed by atoms with van der Waals surface area (Å²) in [6, 6.07) is 0. The van der Waals surface area contributed by atoms with E-state index in [1.807, 2.05) is 0 Å². The molecule has 0 atom stereocenters. The van der Waals surface area contributed by atoms with Gasteiger partial charge in [-0.15, -0.1) is 8.20 Å². The monoisotopic (exact) mass is 156 g/mol. The van der Waals surface area contributed by atoms with E-state index in [2.05, 4.69) is 0 Å². The molecular formula is C7H9O2P. The average Bonchev–Trinajstić information content (AvgIpc) is 2.34. The highest BCUT2D eigenvalue weighted by atomic mass is 31.1. The van der Waals surface area contributed by atoms with E-state index in [9.17, 15) is 4.79 Å². The predicted octanol–water partition coefficient (Wildman–Crippen LogP) is 1.54. The molecule has 1 heterocycles. The third-order valence-electron chi connectivity index (χ3n) is 1.32. The zero-order chi connectivity index (χ0) is 7.40. The minimum atomic E-state index is -0.852. The molecule has 0 saturated heterocycles. The molecule has 0 bridgehead atoms. The van der Waals surface area contributed by atoms with E-state index < -0.39 is 5.97 Å². The maximum Gasteiger partial charge on any atom is 0.328 e. The van der Waals surface area contributed by atoms with Gasteiger partial charge >= 0.3 is 5.97 Å². The quantitative estimate of drug-likeness (QED) is 0.486. The molecule has 10 heavy (non-hydrogen) atoms. The van der Waals surface area contributed by atoms with Crippen molar-refractivity contribution in [3.05, 3.63) is 12.2 Å². The number of rotatable bonds is 2. The van der Waals surface area contributed by atoms with Gasteiger partial charge in [-0.25, -0.2) is 4.79 Å². The highest BCUT2D eigenvalue weighted by Crippen LogP contribution is 2.17. The molecule has 0 saturated carbocycles. The van der Waals surface area contributed by atoms with Gasteiger partial charge in [0.25, 0.3) is 0 Å². The van der Waals surface area contributed by atoms with Gasteiger partial charge in [-0.1, -0.05) is 0 Å². The minimum Gasteiger partial charge on any atom is -0.478 e. The molecule has 0 spiro atoms. The van der Waals surface area contributed by atoms with Crippen molar-refractivity contribution >= 4 is 19.5 Å². The standard InChI is InChI=1S/C7H9O2P/c8-7(9)4-3-6-2-1-5-10-6/h3-4H,1-2,5H2,(H,8,9). The molecule has 1 aliphatic rings. The lowest BCUT2D eigenvalue weighted by molar-refractivity contribution is -0.131. The minimum absolute atomic E-state index is 0.852. The first-order valence-corrected chi connectivity index (χ1v) is 4.31. The zero-order valence-electron chi connectivity index (χ0n) is 5.58. The van der Waals surface area contributed by atoms with Crippen molar-refractivity contribution in [2.24, 2.45) is 0 Å². The fourth-order valence-electron chi connectivity index (χ4n) is 0.865. The Morgan fingerprint density at radius 3 is 3.00 bits per heavy atom. The lowest BCUT2D eigenvalue weighted by Crippen LogP contribution is -1.90. The number of hydrogen-bond donors (Lipinski definition) is 1. The first kappa shape index (κ1) is 7.49. The molecule has 1 aliphatic heterocycles. The largest absolute Gasteiger partial charge is 0.478 e. The van der Waals surface area contributed by atoms with Crippen molar-refractivity contribution in [1.29, 1.82) is 0 Å². The molecule has 0 aromatic heterocycles. The first-order chi connectivity index (χ1) is 4.79. The van der Waals surface area contributed by atoms with Gasteiger partial charge in [0.05, 0.1) is 0 Å². The second-order valence-corrected chi connectivity index (χ2v) is 3.49. The molecule has 1 rings (SSSR count). The number of carboxylic acid groups (broad SMARTS) is 1. The Labute approximate surface area is 61.4 Å². The van der Waals surface area contributed by atoms with E-state index >= 15 is 0 Å². The summed E-state index contributed by atoms with van der Waals surface area (Å²) in [7, 11) is 1.31. The molecule has 0 amide bonds. The maximum absolute atomic E-state index is 10.1. The Hall–Kier alpha value is -0.620. The average molecular weight is 156 g/mol. The molecule has 0 unspecified atom stereocenters. The van der Waals surface area contributed by atoms with Crippen molar-refractivity contribution in [3.8, 4) is 0 Å². The van der Waals surface area contributed by atoms with E-state index in [0.717, 1.165) is 6.42 Å². The van der Waals surface area contributed by atoms with Crippen LogP contribution in [-0.4, -0.2) is 22.5 Å². The number of carboxylic acids is 1. The normalized spacial score (nSPS) is 19.4. The molecule has 0 radical (unpaired) electrons. The summed E-state index contributed by atoms with van der Waals surface area (Å²) in [4.78, 5) is 10.1. The van der Waals surface area contributed by atoms with Crippen LogP contribution in [0.25, 0.3) is 0 Å². The van der Waals surface area contributed by atoms with Crippen molar-refractivity contribution in [1.82, 2.24) is 0 Å². The molecule has 0 aromatic carbocycles. The number of hydrogen-bond acceptors (Lipinski definition) is 1. The van der Waals surface area contributed by atoms with E-state index in [1.165, 1.54) is 32.2 Å². The van der Waals surface area contributed by atoms with E-state index in [-0.39, 0.29) is 0 Å². The number of allylic oxidation sites excluding steroid dienone is 1. The second-order valence-electron chi connectivity index (χ2n) is 2.15. The Balaban J connectivity index is 2.44. The summed E-state index contributed by atoms with van der Waals surface area (Å²) in [6.07, 6.45) is 6.41. The van der Waals surface area contributed by atoms with Crippen LogP contribution < -0.4 is 0 Å². The topological polar surface area (TPSA) is 37.3 Å². The zero-order valence-corrected chi connectivity index (χ0v) is 6.47. The van der Waals surface area contributed by atoms with Crippen LogP contribution >= 0.6 is 8.20 Å². The number of carbonyl (C=O) groups is 1. The van der Waals surface area contributed by atoms with Crippen LogP contribution in [0.5, 0.6) is 0 Å². The third kappa shape index (κ3) is 2.32. The van der Waals surface area contributed by atoms with Gasteiger partial charge in [0.1, 0.15) is 0 Å². The van der Waals surface area contributed by atoms with Crippen LogP contribution in [0, 0.1) is 0 Å². The van der Waals surface area contributed by atoms with Crippen molar-refractivity contribution in [2.75, 3.05) is 6.16 Å². The molecule has 3 heteroatoms. The fourth-order valence-corrected chi connectivity index (χ4v) is 1.97. The second kappa shape index (κ2) is 3.52. The van der Waals surface area contributed by atoms with Gasteiger partial charge in [-0.3, -0.25) is 0 Å². The van der Waals surface area contributed by atoms with Crippen molar-refractivity contribution < 1.29 is 9.90 Å². The molecular weight excluding hydrogens is 147 g/mol. The van der Waals surface area contributed by atoms with Crippen LogP contribution in [0.1, 0.15) is 12.8 Å². The molecule has 1 N–H and O–H groups in total. The Kier molecular flexibility index (Phi) is 2.64. The maximum atomic E-state index is 10.1. The summed E-state index contributed by atoms with van der Waals surface area (Å²) < 4.78 is 0. The Bertz CT molecular complexity index is 194. The highest BCUT2D eigenvalue weighted by Gasteiger charge is 2.00. The van der Waals surface area contributed by atoms with E-state index in [0.29, 0.717) is 0 Å². The predicted molar refractivity (Wildman–Crippen MR) is 42.8 cm³/mol. The van der Waals surface area contributed by atoms with Gasteiger partial charge < -0.3 is 5.11 Å². The first-order valence-electron chi connectivity index (χ1n) is 3.23. The van der Waals surface area contributed by atoms with Crippen molar-refractivity contribution in [2.45, 2.75) is 12.8 Å². The van der Waals surface area contributed by atoms with Crippen LogP contribution in [0.15, 0.2) is 12.2 Å². The Morgan fingerprint density at radius 1 is 1.70 bits per heavy atom. The lowest BCUT2D eigenvalue weighted by Gasteiger charge is -1.85. The summed E-state index contributed by atoms with van der Waals surface area (Å²) in [6.45, 7) is 0. The van der Waals surface area contributed by atoms with Gasteiger partial charge in [0, 0.05) is 6.08 Å². The summed E-state index contributed by atoms with van der Waals surface area (Å²) in [5.74, 6) is -0.852. The lowest BCUT2D eigenvalue weighted by atomic mass is 10.2. The van der Waals surface area contributed by atoms with E-state index in [1.54, 1.807) is 6.08 Å². The summed E-state index contributed by atoms with van der Waals surface area (Å²) in [5, 5.41) is 9.52. The molecule has 54 valence electrons. The fraction of sp³-hybridized carbons (Fsp3) is 0.429. The van der Waals surface area contributed by atoms with Crippen LogP contribution in [0.2, 0.25) is 0 Å². The van der Waals surface area contributed by atoms with Crippen LogP contribution in [0.4, 0.5) is 0 Å². The van der Waals surface area contributed by atoms with Gasteiger partial charge in [-0.2, -0.15) is 0 Å². The van der Waals surface area contributed by atoms with Gasteiger partial charge in [0.15, 0.2) is 0 Å². The van der Waals surface area contributed by atoms with Crippen LogP contribution in [-0.2, 0) is 4.79 Å².